The Labute approximate surface area is 88.8 Å². The van der Waals surface area contributed by atoms with Crippen molar-refractivity contribution in [1.82, 2.24) is 0 Å². The standard InChI is InChI=1S/C8H8ClNO2.C2H6/c1-12-7-3-2-5(9)4-6(7)8(10)11;1-2/h2-4H,1H3,(H2,10,11);1-2H3. The van der Waals surface area contributed by atoms with E-state index < -0.39 is 5.91 Å². The molecule has 1 aromatic carbocycles. The quantitative estimate of drug-likeness (QED) is 0.824. The number of methoxy groups -OCH3 is 1. The SMILES string of the molecule is CC.COc1ccc(Cl)cc1C(N)=O. The maximum Gasteiger partial charge on any atom is 0.252 e. The summed E-state index contributed by atoms with van der Waals surface area (Å²) in [5.41, 5.74) is 5.38. The fourth-order valence-electron chi connectivity index (χ4n) is 0.873. The molecule has 0 aromatic heterocycles. The minimum atomic E-state index is -0.547. The van der Waals surface area contributed by atoms with Gasteiger partial charge in [0.2, 0.25) is 0 Å². The van der Waals surface area contributed by atoms with Gasteiger partial charge in [-0.1, -0.05) is 25.4 Å². The molecule has 3 nitrogen and oxygen atoms in total. The fourth-order valence-corrected chi connectivity index (χ4v) is 1.04. The molecule has 0 aliphatic rings. The number of ether oxygens (including phenoxy) is 1. The van der Waals surface area contributed by atoms with Crippen LogP contribution < -0.4 is 10.5 Å². The molecular formula is C10H14ClNO2. The highest BCUT2D eigenvalue weighted by molar-refractivity contribution is 6.31. The summed E-state index contributed by atoms with van der Waals surface area (Å²) >= 11 is 5.65. The Hall–Kier alpha value is -1.22. The molecule has 0 radical (unpaired) electrons. The Morgan fingerprint density at radius 3 is 2.43 bits per heavy atom. The largest absolute Gasteiger partial charge is 0.496 e. The Balaban J connectivity index is 0.000000791. The average Bonchev–Trinajstić information content (AvgIpc) is 2.20. The molecule has 78 valence electrons. The van der Waals surface area contributed by atoms with Gasteiger partial charge >= 0.3 is 0 Å². The third-order valence-corrected chi connectivity index (χ3v) is 1.66. The average molecular weight is 216 g/mol. The van der Waals surface area contributed by atoms with Crippen LogP contribution in [-0.4, -0.2) is 13.0 Å². The highest BCUT2D eigenvalue weighted by Crippen LogP contribution is 2.21. The molecule has 0 saturated heterocycles. The molecule has 0 heterocycles. The van der Waals surface area contributed by atoms with Crippen LogP contribution in [-0.2, 0) is 0 Å². The molecule has 1 amide bonds. The second kappa shape index (κ2) is 6.27. The first-order chi connectivity index (χ1) is 6.65. The molecule has 0 bridgehead atoms. The minimum Gasteiger partial charge on any atom is -0.496 e. The zero-order valence-electron chi connectivity index (χ0n) is 8.50. The number of carbonyl (C=O) groups excluding carboxylic acids is 1. The first kappa shape index (κ1) is 12.8. The van der Waals surface area contributed by atoms with Crippen LogP contribution in [0, 0.1) is 0 Å². The normalized spacial score (nSPS) is 8.57. The highest BCUT2D eigenvalue weighted by Gasteiger charge is 2.08. The predicted octanol–water partition coefficient (Wildman–Crippen LogP) is 2.47. The van der Waals surface area contributed by atoms with Crippen molar-refractivity contribution in [3.05, 3.63) is 28.8 Å². The van der Waals surface area contributed by atoms with Gasteiger partial charge < -0.3 is 10.5 Å². The molecule has 4 heteroatoms. The summed E-state index contributed by atoms with van der Waals surface area (Å²) in [5, 5.41) is 0.463. The zero-order valence-corrected chi connectivity index (χ0v) is 9.26. The summed E-state index contributed by atoms with van der Waals surface area (Å²) in [6, 6.07) is 4.71. The van der Waals surface area contributed by atoms with Crippen LogP contribution in [0.1, 0.15) is 24.2 Å². The van der Waals surface area contributed by atoms with Crippen LogP contribution in [0.5, 0.6) is 5.75 Å². The molecule has 0 aliphatic carbocycles. The maximum absolute atomic E-state index is 10.8. The first-order valence-corrected chi connectivity index (χ1v) is 4.66. The van der Waals surface area contributed by atoms with Crippen molar-refractivity contribution in [1.29, 1.82) is 0 Å². The lowest BCUT2D eigenvalue weighted by Gasteiger charge is -2.04. The summed E-state index contributed by atoms with van der Waals surface area (Å²) in [6.07, 6.45) is 0. The first-order valence-electron chi connectivity index (χ1n) is 4.28. The predicted molar refractivity (Wildman–Crippen MR) is 57.9 cm³/mol. The summed E-state index contributed by atoms with van der Waals surface area (Å²) in [5.74, 6) is -0.110. The number of hydrogen-bond acceptors (Lipinski definition) is 2. The monoisotopic (exact) mass is 215 g/mol. The van der Waals surface area contributed by atoms with Gasteiger partial charge in [-0.25, -0.2) is 0 Å². The molecule has 0 spiro atoms. The van der Waals surface area contributed by atoms with Crippen molar-refractivity contribution in [3.63, 3.8) is 0 Å². The molecule has 1 aromatic rings. The van der Waals surface area contributed by atoms with Crippen LogP contribution in [0.2, 0.25) is 5.02 Å². The molecule has 0 saturated carbocycles. The number of carbonyl (C=O) groups is 1. The van der Waals surface area contributed by atoms with Gasteiger partial charge in [0.05, 0.1) is 12.7 Å². The molecule has 0 atom stereocenters. The number of amides is 1. The van der Waals surface area contributed by atoms with Crippen molar-refractivity contribution in [2.24, 2.45) is 5.73 Å². The molecule has 0 aliphatic heterocycles. The van der Waals surface area contributed by atoms with Gasteiger partial charge in [0.25, 0.3) is 5.91 Å². The van der Waals surface area contributed by atoms with Gasteiger partial charge in [-0.05, 0) is 18.2 Å². The molecule has 0 fully saturated rings. The number of primary amides is 1. The number of benzene rings is 1. The Morgan fingerprint density at radius 2 is 2.00 bits per heavy atom. The zero-order chi connectivity index (χ0) is 11.1. The molecule has 1 rings (SSSR count). The van der Waals surface area contributed by atoms with Crippen molar-refractivity contribution < 1.29 is 9.53 Å². The van der Waals surface area contributed by atoms with Gasteiger partial charge in [-0.3, -0.25) is 4.79 Å². The second-order valence-corrected chi connectivity index (χ2v) is 2.65. The van der Waals surface area contributed by atoms with Gasteiger partial charge in [0.15, 0.2) is 0 Å². The van der Waals surface area contributed by atoms with E-state index in [1.165, 1.54) is 13.2 Å². The number of hydrogen-bond donors (Lipinski definition) is 1. The van der Waals surface area contributed by atoms with Gasteiger partial charge in [-0.15, -0.1) is 0 Å². The number of nitrogens with two attached hydrogens (primary N) is 1. The van der Waals surface area contributed by atoms with E-state index in [1.54, 1.807) is 12.1 Å². The summed E-state index contributed by atoms with van der Waals surface area (Å²) in [6.45, 7) is 4.00. The van der Waals surface area contributed by atoms with Crippen molar-refractivity contribution in [3.8, 4) is 5.75 Å². The van der Waals surface area contributed by atoms with E-state index in [-0.39, 0.29) is 0 Å². The van der Waals surface area contributed by atoms with E-state index in [9.17, 15) is 4.79 Å². The molecular weight excluding hydrogens is 202 g/mol. The van der Waals surface area contributed by atoms with Crippen molar-refractivity contribution >= 4 is 17.5 Å². The van der Waals surface area contributed by atoms with Gasteiger partial charge in [0, 0.05) is 5.02 Å². The van der Waals surface area contributed by atoms with E-state index >= 15 is 0 Å². The lowest BCUT2D eigenvalue weighted by atomic mass is 10.2. The number of halogens is 1. The minimum absolute atomic E-state index is 0.296. The summed E-state index contributed by atoms with van der Waals surface area (Å²) in [4.78, 5) is 10.8. The molecule has 0 unspecified atom stereocenters. The Morgan fingerprint density at radius 1 is 1.43 bits per heavy atom. The van der Waals surface area contributed by atoms with E-state index in [4.69, 9.17) is 22.1 Å². The van der Waals surface area contributed by atoms with E-state index in [1.807, 2.05) is 13.8 Å². The fraction of sp³-hybridized carbons (Fsp3) is 0.300. The van der Waals surface area contributed by atoms with Crippen LogP contribution >= 0.6 is 11.6 Å². The van der Waals surface area contributed by atoms with Crippen molar-refractivity contribution in [2.45, 2.75) is 13.8 Å². The number of rotatable bonds is 2. The third-order valence-electron chi connectivity index (χ3n) is 1.43. The molecule has 2 N–H and O–H groups in total. The van der Waals surface area contributed by atoms with Gasteiger partial charge in [0.1, 0.15) is 5.75 Å². The highest BCUT2D eigenvalue weighted by atomic mass is 35.5. The van der Waals surface area contributed by atoms with Crippen molar-refractivity contribution in [2.75, 3.05) is 7.11 Å². The van der Waals surface area contributed by atoms with Crippen LogP contribution in [0.25, 0.3) is 0 Å². The smallest absolute Gasteiger partial charge is 0.252 e. The third kappa shape index (κ3) is 3.26. The Kier molecular flexibility index (Phi) is 5.72. The van der Waals surface area contributed by atoms with E-state index in [0.717, 1.165) is 0 Å². The topological polar surface area (TPSA) is 52.3 Å². The van der Waals surface area contributed by atoms with Crippen LogP contribution in [0.4, 0.5) is 0 Å². The lowest BCUT2D eigenvalue weighted by molar-refractivity contribution is 0.0997. The maximum atomic E-state index is 10.8. The lowest BCUT2D eigenvalue weighted by Crippen LogP contribution is -2.12. The van der Waals surface area contributed by atoms with Crippen LogP contribution in [0.3, 0.4) is 0 Å². The van der Waals surface area contributed by atoms with E-state index in [0.29, 0.717) is 16.3 Å². The van der Waals surface area contributed by atoms with Crippen LogP contribution in [0.15, 0.2) is 18.2 Å². The summed E-state index contributed by atoms with van der Waals surface area (Å²) in [7, 11) is 1.47. The van der Waals surface area contributed by atoms with E-state index in [2.05, 4.69) is 0 Å². The Bertz CT molecular complexity index is 313. The molecule has 14 heavy (non-hydrogen) atoms. The summed E-state index contributed by atoms with van der Waals surface area (Å²) < 4.78 is 4.90. The van der Waals surface area contributed by atoms with Gasteiger partial charge in [-0.2, -0.15) is 0 Å². The second-order valence-electron chi connectivity index (χ2n) is 2.21.